The molecule has 30 heavy (non-hydrogen) atoms. The first kappa shape index (κ1) is 19.6. The molecule has 0 saturated heterocycles. The quantitative estimate of drug-likeness (QED) is 0.551. The van der Waals surface area contributed by atoms with Gasteiger partial charge >= 0.3 is 0 Å². The summed E-state index contributed by atoms with van der Waals surface area (Å²) in [5, 5.41) is 14.4. The Morgan fingerprint density at radius 2 is 2.07 bits per heavy atom. The molecule has 0 aliphatic heterocycles. The van der Waals surface area contributed by atoms with Crippen LogP contribution in [0.3, 0.4) is 0 Å². The van der Waals surface area contributed by atoms with Crippen molar-refractivity contribution in [1.82, 2.24) is 15.0 Å². The number of amides is 1. The number of carbonyl (C=O) groups excluding carboxylic acids is 1. The number of hydrogen-bond donors (Lipinski definition) is 3. The van der Waals surface area contributed by atoms with Gasteiger partial charge in [0.05, 0.1) is 42.3 Å². The van der Waals surface area contributed by atoms with E-state index in [1.165, 1.54) is 0 Å². The molecule has 0 bridgehead atoms. The van der Waals surface area contributed by atoms with Crippen molar-refractivity contribution in [2.45, 2.75) is 24.9 Å². The molecule has 152 valence electrons. The number of anilines is 1. The zero-order valence-corrected chi connectivity index (χ0v) is 16.7. The second-order valence-corrected chi connectivity index (χ2v) is 7.08. The topological polar surface area (TPSA) is 123 Å². The van der Waals surface area contributed by atoms with E-state index in [4.69, 9.17) is 10.5 Å². The molecule has 0 spiro atoms. The molecule has 3 aromatic rings. The molecular weight excluding hydrogens is 382 g/mol. The van der Waals surface area contributed by atoms with Crippen LogP contribution in [0.1, 0.15) is 35.5 Å². The number of aromatic nitrogens is 3. The van der Waals surface area contributed by atoms with Gasteiger partial charge in [-0.2, -0.15) is 0 Å². The van der Waals surface area contributed by atoms with Crippen molar-refractivity contribution in [3.05, 3.63) is 53.2 Å². The number of fused-ring (bicyclic) bond motifs is 1. The van der Waals surface area contributed by atoms with Crippen LogP contribution >= 0.6 is 0 Å². The summed E-state index contributed by atoms with van der Waals surface area (Å²) in [6.07, 6.45) is 4.61. The minimum atomic E-state index is -0.723. The minimum Gasteiger partial charge on any atom is -0.495 e. The van der Waals surface area contributed by atoms with Gasteiger partial charge in [0.25, 0.3) is 0 Å². The van der Waals surface area contributed by atoms with Crippen LogP contribution in [-0.4, -0.2) is 40.1 Å². The zero-order chi connectivity index (χ0) is 21.3. The third-order valence-corrected chi connectivity index (χ3v) is 5.35. The van der Waals surface area contributed by atoms with E-state index < -0.39 is 5.41 Å². The number of pyridine rings is 3. The van der Waals surface area contributed by atoms with Gasteiger partial charge in [-0.3, -0.25) is 9.78 Å². The van der Waals surface area contributed by atoms with Crippen molar-refractivity contribution in [3.8, 4) is 17.6 Å². The fourth-order valence-electron chi connectivity index (χ4n) is 3.42. The third-order valence-electron chi connectivity index (χ3n) is 5.35. The largest absolute Gasteiger partial charge is 0.495 e. The van der Waals surface area contributed by atoms with Gasteiger partial charge in [-0.1, -0.05) is 5.92 Å². The molecular formula is C22H21N5O3. The van der Waals surface area contributed by atoms with Crippen LogP contribution in [0.25, 0.3) is 10.8 Å². The number of carbonyl (C=O) groups is 1. The van der Waals surface area contributed by atoms with Crippen LogP contribution < -0.4 is 15.8 Å². The number of ether oxygens (including phenoxy) is 1. The fraction of sp³-hybridized carbons (Fsp3) is 0.273. The van der Waals surface area contributed by atoms with Gasteiger partial charge in [0.2, 0.25) is 5.91 Å². The van der Waals surface area contributed by atoms with E-state index in [-0.39, 0.29) is 12.5 Å². The van der Waals surface area contributed by atoms with E-state index >= 15 is 0 Å². The predicted octanol–water partition coefficient (Wildman–Crippen LogP) is 1.48. The third kappa shape index (κ3) is 3.29. The average Bonchev–Trinajstić information content (AvgIpc) is 3.59. The smallest absolute Gasteiger partial charge is 0.229 e. The number of aliphatic hydroxyl groups excluding tert-OH is 1. The average molecular weight is 403 g/mol. The second-order valence-electron chi connectivity index (χ2n) is 7.08. The first-order valence-electron chi connectivity index (χ1n) is 9.46. The summed E-state index contributed by atoms with van der Waals surface area (Å²) >= 11 is 0. The highest BCUT2D eigenvalue weighted by Gasteiger charge is 2.51. The molecule has 3 heterocycles. The normalized spacial score (nSPS) is 14.0. The van der Waals surface area contributed by atoms with Gasteiger partial charge in [-0.15, -0.1) is 0 Å². The maximum absolute atomic E-state index is 12.0. The molecule has 1 amide bonds. The van der Waals surface area contributed by atoms with E-state index in [0.29, 0.717) is 47.1 Å². The van der Waals surface area contributed by atoms with Crippen LogP contribution in [0, 0.1) is 11.8 Å². The summed E-state index contributed by atoms with van der Waals surface area (Å²) in [6, 6.07) is 5.36. The van der Waals surface area contributed by atoms with Crippen LogP contribution in [-0.2, 0) is 16.8 Å². The Hall–Kier alpha value is -3.70. The number of hydrogen-bond acceptors (Lipinski definition) is 7. The first-order valence-corrected chi connectivity index (χ1v) is 9.46. The molecule has 4 rings (SSSR count). The maximum Gasteiger partial charge on any atom is 0.229 e. The molecule has 0 unspecified atom stereocenters. The fourth-order valence-corrected chi connectivity index (χ4v) is 3.42. The molecule has 4 N–H and O–H groups in total. The van der Waals surface area contributed by atoms with Gasteiger partial charge in [-0.05, 0) is 37.0 Å². The lowest BCUT2D eigenvalue weighted by Crippen LogP contribution is -2.29. The lowest BCUT2D eigenvalue weighted by molar-refractivity contribution is -0.120. The SMILES string of the molecule is CNc1nc(CO)c(C#Cc2ccc(OC)cn2)c2cc(C3(C(N)=O)CC3)ncc12. The maximum atomic E-state index is 12.0. The highest BCUT2D eigenvalue weighted by molar-refractivity contribution is 5.98. The molecule has 1 saturated carbocycles. The van der Waals surface area contributed by atoms with Gasteiger partial charge in [0.1, 0.15) is 17.3 Å². The highest BCUT2D eigenvalue weighted by Crippen LogP contribution is 2.47. The number of nitrogens with one attached hydrogen (secondary N) is 1. The second kappa shape index (κ2) is 7.61. The Balaban J connectivity index is 1.90. The lowest BCUT2D eigenvalue weighted by atomic mass is 9.97. The minimum absolute atomic E-state index is 0.288. The Kier molecular flexibility index (Phi) is 4.98. The van der Waals surface area contributed by atoms with E-state index in [9.17, 15) is 9.90 Å². The summed E-state index contributed by atoms with van der Waals surface area (Å²) < 4.78 is 5.12. The van der Waals surface area contributed by atoms with Gasteiger partial charge in [0, 0.05) is 24.0 Å². The summed E-state index contributed by atoms with van der Waals surface area (Å²) in [4.78, 5) is 25.2. The number of nitrogens with zero attached hydrogens (tertiary/aromatic N) is 3. The summed E-state index contributed by atoms with van der Waals surface area (Å²) in [7, 11) is 3.32. The van der Waals surface area contributed by atoms with Crippen molar-refractivity contribution in [2.75, 3.05) is 19.5 Å². The molecule has 8 heteroatoms. The Morgan fingerprint density at radius 3 is 2.63 bits per heavy atom. The molecule has 0 aromatic carbocycles. The van der Waals surface area contributed by atoms with E-state index in [2.05, 4.69) is 32.1 Å². The van der Waals surface area contributed by atoms with Crippen LogP contribution in [0.15, 0.2) is 30.6 Å². The van der Waals surface area contributed by atoms with Crippen molar-refractivity contribution in [3.63, 3.8) is 0 Å². The summed E-state index contributed by atoms with van der Waals surface area (Å²) in [5.74, 6) is 6.94. The van der Waals surface area contributed by atoms with Crippen LogP contribution in [0.5, 0.6) is 5.75 Å². The Labute approximate surface area is 173 Å². The highest BCUT2D eigenvalue weighted by atomic mass is 16.5. The van der Waals surface area contributed by atoms with Crippen molar-refractivity contribution in [2.24, 2.45) is 5.73 Å². The monoisotopic (exact) mass is 403 g/mol. The van der Waals surface area contributed by atoms with Crippen molar-refractivity contribution < 1.29 is 14.6 Å². The van der Waals surface area contributed by atoms with Gasteiger partial charge in [-0.25, -0.2) is 9.97 Å². The zero-order valence-electron chi connectivity index (χ0n) is 16.7. The van der Waals surface area contributed by atoms with Gasteiger partial charge in [0.15, 0.2) is 0 Å². The molecule has 0 atom stereocenters. The molecule has 1 fully saturated rings. The van der Waals surface area contributed by atoms with Gasteiger partial charge < -0.3 is 20.9 Å². The number of methoxy groups -OCH3 is 1. The number of primary amides is 1. The van der Waals surface area contributed by atoms with E-state index in [1.807, 2.05) is 6.07 Å². The van der Waals surface area contributed by atoms with Crippen molar-refractivity contribution >= 4 is 22.5 Å². The Bertz CT molecular complexity index is 1190. The Morgan fingerprint density at radius 1 is 1.27 bits per heavy atom. The predicted molar refractivity (Wildman–Crippen MR) is 112 cm³/mol. The molecule has 1 aliphatic rings. The van der Waals surface area contributed by atoms with Crippen LogP contribution in [0.2, 0.25) is 0 Å². The number of rotatable bonds is 5. The lowest BCUT2D eigenvalue weighted by Gasteiger charge is -2.15. The summed E-state index contributed by atoms with van der Waals surface area (Å²) in [6.45, 7) is -0.288. The number of aliphatic hydroxyl groups is 1. The number of nitrogens with two attached hydrogens (primary N) is 1. The molecule has 0 radical (unpaired) electrons. The molecule has 1 aliphatic carbocycles. The van der Waals surface area contributed by atoms with Crippen LogP contribution in [0.4, 0.5) is 5.82 Å². The summed E-state index contributed by atoms with van der Waals surface area (Å²) in [5.41, 5.74) is 7.06. The molecule has 8 nitrogen and oxygen atoms in total. The van der Waals surface area contributed by atoms with E-state index in [0.717, 1.165) is 10.8 Å². The van der Waals surface area contributed by atoms with Crippen molar-refractivity contribution in [1.29, 1.82) is 0 Å². The first-order chi connectivity index (χ1) is 14.5. The van der Waals surface area contributed by atoms with E-state index in [1.54, 1.807) is 38.7 Å². The molecule has 3 aromatic heterocycles. The standard InChI is InChI=1S/C22H21N5O3/c1-24-20-17-11-26-19(22(7-8-22)21(23)29)9-16(17)15(18(12-28)27-20)6-4-13-3-5-14(30-2)10-25-13/h3,5,9-11,28H,7-8,12H2,1-2H3,(H2,23,29)(H,24,27).